The average Bonchev–Trinajstić information content (AvgIpc) is 2.79. The van der Waals surface area contributed by atoms with Gasteiger partial charge in [-0.05, 0) is 68.5 Å². The van der Waals surface area contributed by atoms with E-state index in [0.717, 1.165) is 43.0 Å². The van der Waals surface area contributed by atoms with Gasteiger partial charge in [-0.1, -0.05) is 18.2 Å². The summed E-state index contributed by atoms with van der Waals surface area (Å²) in [4.78, 5) is 18.6. The van der Waals surface area contributed by atoms with Crippen LogP contribution in [0.25, 0.3) is 10.9 Å². The molecular weight excluding hydrogens is 441 g/mol. The standard InChI is InChI=1S/C26H29F3N4O/c1-16-14-19(33(2)3)12-13-20(16)25(34)31-18-10-8-17(9-11-18)30-23-15-24(26(27,28)29)32-22-7-5-4-6-21(22)23/h4-7,12-15,17-18H,8-11H2,1-3H3,(H,30,32)(H,31,34)/t17-,18+. The van der Waals surface area contributed by atoms with Crippen molar-refractivity contribution in [2.75, 3.05) is 24.3 Å². The number of nitrogens with one attached hydrogen (secondary N) is 2. The number of aryl methyl sites for hydroxylation is 1. The SMILES string of the molecule is Cc1cc(N(C)C)ccc1C(=O)N[C@H]1CC[C@@H](Nc2cc(C(F)(F)F)nc3ccccc23)CC1. The molecule has 0 bridgehead atoms. The zero-order valence-electron chi connectivity index (χ0n) is 19.5. The van der Waals surface area contributed by atoms with Gasteiger partial charge in [-0.3, -0.25) is 4.79 Å². The molecule has 2 N–H and O–H groups in total. The first-order chi connectivity index (χ1) is 16.1. The van der Waals surface area contributed by atoms with Crippen molar-refractivity contribution in [1.29, 1.82) is 0 Å². The number of halogens is 3. The monoisotopic (exact) mass is 470 g/mol. The Balaban J connectivity index is 1.40. The predicted octanol–water partition coefficient (Wildman–Crippen LogP) is 5.78. The number of rotatable bonds is 5. The topological polar surface area (TPSA) is 57.3 Å². The van der Waals surface area contributed by atoms with Crippen LogP contribution in [0.15, 0.2) is 48.5 Å². The molecule has 8 heteroatoms. The normalized spacial score (nSPS) is 18.5. The Hall–Kier alpha value is -3.29. The van der Waals surface area contributed by atoms with E-state index in [1.807, 2.05) is 44.1 Å². The number of amides is 1. The Morgan fingerprint density at radius 2 is 1.68 bits per heavy atom. The van der Waals surface area contributed by atoms with Gasteiger partial charge in [-0.25, -0.2) is 4.98 Å². The van der Waals surface area contributed by atoms with Crippen LogP contribution in [0.1, 0.15) is 47.3 Å². The lowest BCUT2D eigenvalue weighted by atomic mass is 9.90. The highest BCUT2D eigenvalue weighted by Crippen LogP contribution is 2.34. The van der Waals surface area contributed by atoms with Gasteiger partial charge in [0.25, 0.3) is 5.91 Å². The molecule has 34 heavy (non-hydrogen) atoms. The minimum atomic E-state index is -4.51. The van der Waals surface area contributed by atoms with Gasteiger partial charge >= 0.3 is 6.18 Å². The van der Waals surface area contributed by atoms with Gasteiger partial charge in [-0.2, -0.15) is 13.2 Å². The lowest BCUT2D eigenvalue weighted by molar-refractivity contribution is -0.140. The number of hydrogen-bond donors (Lipinski definition) is 2. The number of nitrogens with zero attached hydrogens (tertiary/aromatic N) is 2. The highest BCUT2D eigenvalue weighted by Gasteiger charge is 2.34. The van der Waals surface area contributed by atoms with Gasteiger partial charge in [0, 0.05) is 48.5 Å². The number of pyridine rings is 1. The molecule has 180 valence electrons. The molecule has 1 saturated carbocycles. The van der Waals surface area contributed by atoms with E-state index < -0.39 is 11.9 Å². The molecular formula is C26H29F3N4O. The van der Waals surface area contributed by atoms with E-state index in [1.54, 1.807) is 24.3 Å². The van der Waals surface area contributed by atoms with Crippen molar-refractivity contribution in [3.8, 4) is 0 Å². The molecule has 3 aromatic rings. The maximum Gasteiger partial charge on any atom is 0.433 e. The molecule has 2 aromatic carbocycles. The van der Waals surface area contributed by atoms with Crippen molar-refractivity contribution in [1.82, 2.24) is 10.3 Å². The molecule has 1 aromatic heterocycles. The Labute approximate surface area is 197 Å². The number of carbonyl (C=O) groups excluding carboxylic acids is 1. The van der Waals surface area contributed by atoms with Crippen molar-refractivity contribution in [3.05, 3.63) is 65.4 Å². The van der Waals surface area contributed by atoms with Gasteiger partial charge < -0.3 is 15.5 Å². The number of alkyl halides is 3. The van der Waals surface area contributed by atoms with Crippen LogP contribution in [0.2, 0.25) is 0 Å². The first-order valence-corrected chi connectivity index (χ1v) is 11.4. The van der Waals surface area contributed by atoms with E-state index in [9.17, 15) is 18.0 Å². The van der Waals surface area contributed by atoms with Crippen LogP contribution in [0.4, 0.5) is 24.5 Å². The Morgan fingerprint density at radius 3 is 2.32 bits per heavy atom. The number of anilines is 2. The summed E-state index contributed by atoms with van der Waals surface area (Å²) in [5, 5.41) is 7.11. The quantitative estimate of drug-likeness (QED) is 0.496. The number of fused-ring (bicyclic) bond motifs is 1. The van der Waals surface area contributed by atoms with Crippen LogP contribution in [-0.2, 0) is 6.18 Å². The van der Waals surface area contributed by atoms with Crippen LogP contribution in [0.5, 0.6) is 0 Å². The van der Waals surface area contributed by atoms with E-state index in [1.165, 1.54) is 0 Å². The van der Waals surface area contributed by atoms with E-state index in [2.05, 4.69) is 15.6 Å². The maximum atomic E-state index is 13.3. The summed E-state index contributed by atoms with van der Waals surface area (Å²) in [5.41, 5.74) is 2.49. The minimum absolute atomic E-state index is 0.0288. The number of para-hydroxylation sites is 1. The van der Waals surface area contributed by atoms with Gasteiger partial charge in [-0.15, -0.1) is 0 Å². The van der Waals surface area contributed by atoms with Crippen molar-refractivity contribution >= 4 is 28.2 Å². The summed E-state index contributed by atoms with van der Waals surface area (Å²) >= 11 is 0. The van der Waals surface area contributed by atoms with Crippen LogP contribution in [0, 0.1) is 6.92 Å². The van der Waals surface area contributed by atoms with Crippen LogP contribution >= 0.6 is 0 Å². The molecule has 1 fully saturated rings. The summed E-state index contributed by atoms with van der Waals surface area (Å²) in [7, 11) is 3.92. The Bertz CT molecular complexity index is 1180. The van der Waals surface area contributed by atoms with Crippen molar-refractivity contribution in [3.63, 3.8) is 0 Å². The molecule has 0 radical (unpaired) electrons. The Kier molecular flexibility index (Phi) is 6.68. The average molecular weight is 471 g/mol. The zero-order valence-corrected chi connectivity index (χ0v) is 19.5. The van der Waals surface area contributed by atoms with E-state index >= 15 is 0 Å². The second-order valence-electron chi connectivity index (χ2n) is 9.13. The van der Waals surface area contributed by atoms with Gasteiger partial charge in [0.1, 0.15) is 5.69 Å². The molecule has 1 amide bonds. The third-order valence-electron chi connectivity index (χ3n) is 6.40. The number of aromatic nitrogens is 1. The molecule has 5 nitrogen and oxygen atoms in total. The molecule has 0 spiro atoms. The number of hydrogen-bond acceptors (Lipinski definition) is 4. The summed E-state index contributed by atoms with van der Waals surface area (Å²) in [6.07, 6.45) is -1.49. The third kappa shape index (κ3) is 5.26. The Morgan fingerprint density at radius 1 is 1.00 bits per heavy atom. The summed E-state index contributed by atoms with van der Waals surface area (Å²) in [5.74, 6) is -0.0887. The first-order valence-electron chi connectivity index (χ1n) is 11.4. The van der Waals surface area contributed by atoms with E-state index in [4.69, 9.17) is 0 Å². The molecule has 0 saturated heterocycles. The van der Waals surface area contributed by atoms with Crippen LogP contribution < -0.4 is 15.5 Å². The van der Waals surface area contributed by atoms with Gasteiger partial charge in [0.05, 0.1) is 5.52 Å². The molecule has 1 aliphatic rings. The van der Waals surface area contributed by atoms with Crippen molar-refractivity contribution in [2.24, 2.45) is 0 Å². The molecule has 0 atom stereocenters. The molecule has 0 aliphatic heterocycles. The molecule has 1 heterocycles. The second kappa shape index (κ2) is 9.52. The van der Waals surface area contributed by atoms with Crippen molar-refractivity contribution < 1.29 is 18.0 Å². The van der Waals surface area contributed by atoms with Gasteiger partial charge in [0.2, 0.25) is 0 Å². The number of carbonyl (C=O) groups is 1. The molecule has 4 rings (SSSR count). The van der Waals surface area contributed by atoms with Crippen LogP contribution in [0.3, 0.4) is 0 Å². The van der Waals surface area contributed by atoms with E-state index in [-0.39, 0.29) is 18.0 Å². The summed E-state index contributed by atoms with van der Waals surface area (Å²) < 4.78 is 40.0. The van der Waals surface area contributed by atoms with Gasteiger partial charge in [0.15, 0.2) is 0 Å². The highest BCUT2D eigenvalue weighted by atomic mass is 19.4. The summed E-state index contributed by atoms with van der Waals surface area (Å²) in [6, 6.07) is 13.8. The maximum absolute atomic E-state index is 13.3. The molecule has 1 aliphatic carbocycles. The molecule has 0 unspecified atom stereocenters. The zero-order chi connectivity index (χ0) is 24.5. The number of benzene rings is 2. The lowest BCUT2D eigenvalue weighted by Crippen LogP contribution is -2.40. The third-order valence-corrected chi connectivity index (χ3v) is 6.40. The predicted molar refractivity (Wildman–Crippen MR) is 129 cm³/mol. The lowest BCUT2D eigenvalue weighted by Gasteiger charge is -2.31. The minimum Gasteiger partial charge on any atom is -0.382 e. The van der Waals surface area contributed by atoms with E-state index in [0.29, 0.717) is 22.2 Å². The largest absolute Gasteiger partial charge is 0.433 e. The smallest absolute Gasteiger partial charge is 0.382 e. The summed E-state index contributed by atoms with van der Waals surface area (Å²) in [6.45, 7) is 1.93. The van der Waals surface area contributed by atoms with Crippen molar-refractivity contribution in [2.45, 2.75) is 50.9 Å². The first kappa shape index (κ1) is 23.9. The second-order valence-corrected chi connectivity index (χ2v) is 9.13. The highest BCUT2D eigenvalue weighted by molar-refractivity contribution is 5.96. The fourth-order valence-corrected chi connectivity index (χ4v) is 4.49. The fraction of sp³-hybridized carbons (Fsp3) is 0.385. The fourth-order valence-electron chi connectivity index (χ4n) is 4.49. The van der Waals surface area contributed by atoms with Crippen LogP contribution in [-0.4, -0.2) is 37.1 Å².